The maximum atomic E-state index is 5.77. The van der Waals surface area contributed by atoms with Crippen molar-refractivity contribution in [2.75, 3.05) is 36.8 Å². The molecule has 0 radical (unpaired) electrons. The second-order valence-corrected chi connectivity index (χ2v) is 6.43. The van der Waals surface area contributed by atoms with Crippen LogP contribution in [0.1, 0.15) is 40.0 Å². The molecule has 0 amide bonds. The van der Waals surface area contributed by atoms with Crippen molar-refractivity contribution in [2.24, 2.45) is 5.92 Å². The molecule has 21 heavy (non-hydrogen) atoms. The van der Waals surface area contributed by atoms with Gasteiger partial charge in [-0.05, 0) is 43.0 Å². The molecule has 1 saturated heterocycles. The lowest BCUT2D eigenvalue weighted by Crippen LogP contribution is -2.50. The summed E-state index contributed by atoms with van der Waals surface area (Å²) in [7, 11) is 0. The van der Waals surface area contributed by atoms with Crippen molar-refractivity contribution >= 4 is 11.4 Å². The fourth-order valence-electron chi connectivity index (χ4n) is 3.24. The van der Waals surface area contributed by atoms with E-state index in [4.69, 9.17) is 5.73 Å². The first-order valence-corrected chi connectivity index (χ1v) is 8.48. The van der Waals surface area contributed by atoms with E-state index < -0.39 is 0 Å². The van der Waals surface area contributed by atoms with Crippen molar-refractivity contribution in [3.05, 3.63) is 24.3 Å². The minimum absolute atomic E-state index is 0.758. The van der Waals surface area contributed by atoms with Gasteiger partial charge in [0.2, 0.25) is 0 Å². The van der Waals surface area contributed by atoms with E-state index in [0.29, 0.717) is 0 Å². The first kappa shape index (κ1) is 16.2. The topological polar surface area (TPSA) is 32.5 Å². The standard InChI is InChI=1S/C18H31N3/c1-4-15(3)14-17(5-2)20-10-12-21(13-11-20)18-8-6-16(19)7-9-18/h6-9,15,17H,4-5,10-14,19H2,1-3H3. The smallest absolute Gasteiger partial charge is 0.0368 e. The van der Waals surface area contributed by atoms with Crippen LogP contribution in [0.5, 0.6) is 0 Å². The summed E-state index contributed by atoms with van der Waals surface area (Å²) < 4.78 is 0. The van der Waals surface area contributed by atoms with Crippen LogP contribution in [0.4, 0.5) is 11.4 Å². The monoisotopic (exact) mass is 289 g/mol. The molecular formula is C18H31N3. The highest BCUT2D eigenvalue weighted by atomic mass is 15.3. The number of hydrogen-bond acceptors (Lipinski definition) is 3. The predicted octanol–water partition coefficient (Wildman–Crippen LogP) is 3.61. The Morgan fingerprint density at radius 2 is 1.62 bits per heavy atom. The second-order valence-electron chi connectivity index (χ2n) is 6.43. The second kappa shape index (κ2) is 7.69. The number of anilines is 2. The fourth-order valence-corrected chi connectivity index (χ4v) is 3.24. The number of piperazine rings is 1. The summed E-state index contributed by atoms with van der Waals surface area (Å²) in [6.07, 6.45) is 3.91. The molecule has 1 aliphatic heterocycles. The Morgan fingerprint density at radius 1 is 1.00 bits per heavy atom. The highest BCUT2D eigenvalue weighted by Crippen LogP contribution is 2.22. The molecule has 0 bridgehead atoms. The molecule has 2 unspecified atom stereocenters. The summed E-state index contributed by atoms with van der Waals surface area (Å²) in [6.45, 7) is 11.6. The van der Waals surface area contributed by atoms with Gasteiger partial charge in [-0.15, -0.1) is 0 Å². The van der Waals surface area contributed by atoms with Crippen LogP contribution in [-0.2, 0) is 0 Å². The van der Waals surface area contributed by atoms with Gasteiger partial charge in [0.1, 0.15) is 0 Å². The van der Waals surface area contributed by atoms with Crippen LogP contribution in [0.2, 0.25) is 0 Å². The molecule has 3 heteroatoms. The lowest BCUT2D eigenvalue weighted by Gasteiger charge is -2.40. The van der Waals surface area contributed by atoms with E-state index in [9.17, 15) is 0 Å². The molecule has 1 aromatic carbocycles. The van der Waals surface area contributed by atoms with Gasteiger partial charge in [-0.3, -0.25) is 4.90 Å². The van der Waals surface area contributed by atoms with Gasteiger partial charge in [-0.2, -0.15) is 0 Å². The average Bonchev–Trinajstić information content (AvgIpc) is 2.53. The third kappa shape index (κ3) is 4.37. The third-order valence-electron chi connectivity index (χ3n) is 4.93. The Balaban J connectivity index is 1.88. The van der Waals surface area contributed by atoms with Gasteiger partial charge >= 0.3 is 0 Å². The summed E-state index contributed by atoms with van der Waals surface area (Å²) >= 11 is 0. The summed E-state index contributed by atoms with van der Waals surface area (Å²) in [6, 6.07) is 9.04. The van der Waals surface area contributed by atoms with Gasteiger partial charge in [0.15, 0.2) is 0 Å². The zero-order valence-electron chi connectivity index (χ0n) is 13.9. The minimum Gasteiger partial charge on any atom is -0.399 e. The van der Waals surface area contributed by atoms with Crippen molar-refractivity contribution in [1.29, 1.82) is 0 Å². The molecule has 0 saturated carbocycles. The van der Waals surface area contributed by atoms with Crippen molar-refractivity contribution in [3.8, 4) is 0 Å². The highest BCUT2D eigenvalue weighted by Gasteiger charge is 2.23. The predicted molar refractivity (Wildman–Crippen MR) is 92.8 cm³/mol. The zero-order valence-corrected chi connectivity index (χ0v) is 13.9. The van der Waals surface area contributed by atoms with Gasteiger partial charge in [-0.25, -0.2) is 0 Å². The Hall–Kier alpha value is -1.22. The van der Waals surface area contributed by atoms with Crippen LogP contribution < -0.4 is 10.6 Å². The van der Waals surface area contributed by atoms with Gasteiger partial charge in [0.25, 0.3) is 0 Å². The molecule has 1 aromatic rings. The normalized spacial score (nSPS) is 19.5. The van der Waals surface area contributed by atoms with E-state index in [2.05, 4.69) is 42.7 Å². The van der Waals surface area contributed by atoms with E-state index >= 15 is 0 Å². The largest absolute Gasteiger partial charge is 0.399 e. The Labute approximate surface area is 130 Å². The van der Waals surface area contributed by atoms with Crippen molar-refractivity contribution in [2.45, 2.75) is 46.1 Å². The van der Waals surface area contributed by atoms with Gasteiger partial charge in [-0.1, -0.05) is 27.2 Å². The number of nitrogens with zero attached hydrogens (tertiary/aromatic N) is 2. The summed E-state index contributed by atoms with van der Waals surface area (Å²) in [5.74, 6) is 0.838. The van der Waals surface area contributed by atoms with E-state index in [1.807, 2.05) is 12.1 Å². The van der Waals surface area contributed by atoms with Gasteiger partial charge in [0.05, 0.1) is 0 Å². The van der Waals surface area contributed by atoms with E-state index in [-0.39, 0.29) is 0 Å². The quantitative estimate of drug-likeness (QED) is 0.812. The molecular weight excluding hydrogens is 258 g/mol. The van der Waals surface area contributed by atoms with Gasteiger partial charge < -0.3 is 10.6 Å². The minimum atomic E-state index is 0.758. The number of nitrogens with two attached hydrogens (primary N) is 1. The highest BCUT2D eigenvalue weighted by molar-refractivity contribution is 5.53. The maximum absolute atomic E-state index is 5.77. The lowest BCUT2D eigenvalue weighted by atomic mass is 9.96. The molecule has 1 aliphatic rings. The zero-order chi connectivity index (χ0) is 15.2. The molecule has 2 atom stereocenters. The fraction of sp³-hybridized carbons (Fsp3) is 0.667. The molecule has 2 rings (SSSR count). The summed E-state index contributed by atoms with van der Waals surface area (Å²) in [4.78, 5) is 5.17. The van der Waals surface area contributed by atoms with Crippen LogP contribution in [0, 0.1) is 5.92 Å². The van der Waals surface area contributed by atoms with Gasteiger partial charge in [0, 0.05) is 43.6 Å². The van der Waals surface area contributed by atoms with Crippen LogP contribution >= 0.6 is 0 Å². The van der Waals surface area contributed by atoms with Crippen LogP contribution in [-0.4, -0.2) is 37.1 Å². The number of rotatable bonds is 6. The summed E-state index contributed by atoms with van der Waals surface area (Å²) in [5, 5.41) is 0. The molecule has 1 fully saturated rings. The van der Waals surface area contributed by atoms with Crippen LogP contribution in [0.3, 0.4) is 0 Å². The molecule has 0 spiro atoms. The third-order valence-corrected chi connectivity index (χ3v) is 4.93. The Bertz CT molecular complexity index is 407. The molecule has 1 heterocycles. The van der Waals surface area contributed by atoms with Crippen molar-refractivity contribution < 1.29 is 0 Å². The number of nitrogen functional groups attached to an aromatic ring is 1. The molecule has 3 nitrogen and oxygen atoms in total. The SMILES string of the molecule is CCC(C)CC(CC)N1CCN(c2ccc(N)cc2)CC1. The molecule has 0 aliphatic carbocycles. The van der Waals surface area contributed by atoms with Crippen LogP contribution in [0.15, 0.2) is 24.3 Å². The van der Waals surface area contributed by atoms with E-state index in [0.717, 1.165) is 30.7 Å². The Morgan fingerprint density at radius 3 is 2.14 bits per heavy atom. The first-order chi connectivity index (χ1) is 10.1. The van der Waals surface area contributed by atoms with Crippen LogP contribution in [0.25, 0.3) is 0 Å². The summed E-state index contributed by atoms with van der Waals surface area (Å²) in [5.41, 5.74) is 7.92. The van der Waals surface area contributed by atoms with E-state index in [1.54, 1.807) is 0 Å². The van der Waals surface area contributed by atoms with E-state index in [1.165, 1.54) is 38.0 Å². The molecule has 118 valence electrons. The number of hydrogen-bond donors (Lipinski definition) is 1. The first-order valence-electron chi connectivity index (χ1n) is 8.48. The lowest BCUT2D eigenvalue weighted by molar-refractivity contribution is 0.156. The maximum Gasteiger partial charge on any atom is 0.0368 e. The Kier molecular flexibility index (Phi) is 5.92. The van der Waals surface area contributed by atoms with Crippen molar-refractivity contribution in [3.63, 3.8) is 0 Å². The van der Waals surface area contributed by atoms with Crippen molar-refractivity contribution in [1.82, 2.24) is 4.90 Å². The molecule has 0 aromatic heterocycles. The average molecular weight is 289 g/mol. The number of benzene rings is 1. The molecule has 2 N–H and O–H groups in total.